The molecule has 0 spiro atoms. The van der Waals surface area contributed by atoms with Crippen LogP contribution in [0.15, 0.2) is 27.7 Å². The minimum absolute atomic E-state index is 0.0234. The van der Waals surface area contributed by atoms with Gasteiger partial charge in [0.2, 0.25) is 0 Å². The normalized spacial score (nSPS) is 11.2. The van der Waals surface area contributed by atoms with Gasteiger partial charge < -0.3 is 9.84 Å². The fraction of sp³-hybridized carbons (Fsp3) is 0.353. The maximum Gasteiger partial charge on any atom is 0.303 e. The standard InChI is InChI=1S/C17H18N2O4S2/c1-23-8-6-13-18-16-15(11(10-25-16)12-4-3-9-24-12)17(22)19(13)7-2-5-14(20)21/h3-4,9-10H,2,5-8H2,1H3,(H,20,21). The van der Waals surface area contributed by atoms with Crippen molar-refractivity contribution >= 4 is 38.9 Å². The van der Waals surface area contributed by atoms with Crippen LogP contribution in [-0.4, -0.2) is 34.3 Å². The van der Waals surface area contributed by atoms with Crippen LogP contribution in [0.2, 0.25) is 0 Å². The van der Waals surface area contributed by atoms with Gasteiger partial charge in [0.15, 0.2) is 0 Å². The molecule has 132 valence electrons. The molecule has 0 unspecified atom stereocenters. The predicted molar refractivity (Wildman–Crippen MR) is 99.6 cm³/mol. The van der Waals surface area contributed by atoms with Crippen molar-refractivity contribution in [2.24, 2.45) is 0 Å². The zero-order valence-electron chi connectivity index (χ0n) is 13.7. The van der Waals surface area contributed by atoms with Gasteiger partial charge in [0.05, 0.1) is 12.0 Å². The first-order chi connectivity index (χ1) is 12.1. The summed E-state index contributed by atoms with van der Waals surface area (Å²) < 4.78 is 6.72. The zero-order valence-corrected chi connectivity index (χ0v) is 15.4. The third-order valence-corrected chi connectivity index (χ3v) is 5.64. The highest BCUT2D eigenvalue weighted by atomic mass is 32.1. The summed E-state index contributed by atoms with van der Waals surface area (Å²) in [5.41, 5.74) is 0.795. The number of aromatic nitrogens is 2. The van der Waals surface area contributed by atoms with Crippen LogP contribution in [0.1, 0.15) is 18.7 Å². The van der Waals surface area contributed by atoms with Gasteiger partial charge in [0.1, 0.15) is 10.7 Å². The SMILES string of the molecule is COCCc1nc2scc(-c3cccs3)c2c(=O)n1CCCC(=O)O. The Morgan fingerprint density at radius 3 is 2.92 bits per heavy atom. The van der Waals surface area contributed by atoms with Gasteiger partial charge in [-0.05, 0) is 17.9 Å². The van der Waals surface area contributed by atoms with Gasteiger partial charge in [-0.1, -0.05) is 6.07 Å². The highest BCUT2D eigenvalue weighted by Gasteiger charge is 2.17. The van der Waals surface area contributed by atoms with E-state index in [9.17, 15) is 9.59 Å². The summed E-state index contributed by atoms with van der Waals surface area (Å²) in [6.07, 6.45) is 0.928. The summed E-state index contributed by atoms with van der Waals surface area (Å²) in [5.74, 6) is -0.223. The monoisotopic (exact) mass is 378 g/mol. The average molecular weight is 378 g/mol. The van der Waals surface area contributed by atoms with Crippen molar-refractivity contribution in [3.63, 3.8) is 0 Å². The number of nitrogens with zero attached hydrogens (tertiary/aromatic N) is 2. The molecule has 0 fully saturated rings. The van der Waals surface area contributed by atoms with E-state index in [4.69, 9.17) is 9.84 Å². The number of carbonyl (C=O) groups is 1. The second-order valence-corrected chi connectivity index (χ2v) is 7.34. The maximum absolute atomic E-state index is 13.1. The van der Waals surface area contributed by atoms with E-state index in [2.05, 4.69) is 4.98 Å². The molecule has 6 nitrogen and oxygen atoms in total. The number of carboxylic acid groups (broad SMARTS) is 1. The first kappa shape index (κ1) is 17.8. The van der Waals surface area contributed by atoms with E-state index in [0.717, 1.165) is 10.4 Å². The topological polar surface area (TPSA) is 81.4 Å². The third kappa shape index (κ3) is 3.81. The van der Waals surface area contributed by atoms with Gasteiger partial charge in [0.25, 0.3) is 5.56 Å². The fourth-order valence-corrected chi connectivity index (χ4v) is 4.45. The Hall–Kier alpha value is -2.03. The highest BCUT2D eigenvalue weighted by Crippen LogP contribution is 2.33. The third-order valence-electron chi connectivity index (χ3n) is 3.86. The first-order valence-corrected chi connectivity index (χ1v) is 9.63. The number of thiophene rings is 2. The van der Waals surface area contributed by atoms with E-state index < -0.39 is 5.97 Å². The lowest BCUT2D eigenvalue weighted by Gasteiger charge is -2.12. The molecule has 0 amide bonds. The minimum Gasteiger partial charge on any atom is -0.481 e. The molecule has 3 heterocycles. The molecule has 0 saturated heterocycles. The van der Waals surface area contributed by atoms with Crippen LogP contribution in [0.25, 0.3) is 20.7 Å². The van der Waals surface area contributed by atoms with E-state index >= 15 is 0 Å². The van der Waals surface area contributed by atoms with Crippen LogP contribution in [0.3, 0.4) is 0 Å². The quantitative estimate of drug-likeness (QED) is 0.651. The molecule has 0 saturated carbocycles. The molecular formula is C17H18N2O4S2. The summed E-state index contributed by atoms with van der Waals surface area (Å²) in [4.78, 5) is 30.3. The smallest absolute Gasteiger partial charge is 0.303 e. The van der Waals surface area contributed by atoms with Crippen LogP contribution < -0.4 is 5.56 Å². The Labute approximate surface area is 152 Å². The molecule has 1 N–H and O–H groups in total. The largest absolute Gasteiger partial charge is 0.481 e. The molecule has 0 aromatic carbocycles. The maximum atomic E-state index is 13.1. The van der Waals surface area contributed by atoms with Gasteiger partial charge >= 0.3 is 5.97 Å². The van der Waals surface area contributed by atoms with Crippen LogP contribution in [0.5, 0.6) is 0 Å². The Morgan fingerprint density at radius 2 is 2.24 bits per heavy atom. The molecule has 0 aliphatic rings. The van der Waals surface area contributed by atoms with E-state index in [1.807, 2.05) is 22.9 Å². The van der Waals surface area contributed by atoms with E-state index in [0.29, 0.717) is 42.0 Å². The van der Waals surface area contributed by atoms with Crippen molar-refractivity contribution in [1.29, 1.82) is 0 Å². The number of fused-ring (bicyclic) bond motifs is 1. The van der Waals surface area contributed by atoms with Crippen molar-refractivity contribution in [3.8, 4) is 10.4 Å². The highest BCUT2D eigenvalue weighted by molar-refractivity contribution is 7.18. The number of hydrogen-bond acceptors (Lipinski definition) is 6. The van der Waals surface area contributed by atoms with E-state index in [-0.39, 0.29) is 12.0 Å². The lowest BCUT2D eigenvalue weighted by molar-refractivity contribution is -0.137. The minimum atomic E-state index is -0.865. The number of methoxy groups -OCH3 is 1. The molecule has 25 heavy (non-hydrogen) atoms. The van der Waals surface area contributed by atoms with Gasteiger partial charge in [-0.15, -0.1) is 22.7 Å². The second kappa shape index (κ2) is 7.90. The van der Waals surface area contributed by atoms with Crippen LogP contribution in [0.4, 0.5) is 0 Å². The molecule has 0 aliphatic carbocycles. The Morgan fingerprint density at radius 1 is 1.40 bits per heavy atom. The molecular weight excluding hydrogens is 360 g/mol. The van der Waals surface area contributed by atoms with Crippen molar-refractivity contribution in [2.75, 3.05) is 13.7 Å². The molecule has 8 heteroatoms. The zero-order chi connectivity index (χ0) is 17.8. The molecule has 0 radical (unpaired) electrons. The molecule has 0 atom stereocenters. The van der Waals surface area contributed by atoms with Crippen LogP contribution in [-0.2, 0) is 22.5 Å². The fourth-order valence-electron chi connectivity index (χ4n) is 2.68. The molecule has 0 bridgehead atoms. The molecule has 3 rings (SSSR count). The van der Waals surface area contributed by atoms with Crippen LogP contribution >= 0.6 is 22.7 Å². The summed E-state index contributed by atoms with van der Waals surface area (Å²) >= 11 is 3.04. The van der Waals surface area contributed by atoms with Crippen molar-refractivity contribution < 1.29 is 14.6 Å². The number of carboxylic acids is 1. The molecule has 3 aromatic heterocycles. The summed E-state index contributed by atoms with van der Waals surface area (Å²) in [6, 6.07) is 3.94. The predicted octanol–water partition coefficient (Wildman–Crippen LogP) is 3.24. The lowest BCUT2D eigenvalue weighted by Crippen LogP contribution is -2.26. The van der Waals surface area contributed by atoms with E-state index in [1.54, 1.807) is 23.0 Å². The average Bonchev–Trinajstić information content (AvgIpc) is 3.23. The van der Waals surface area contributed by atoms with Gasteiger partial charge in [0, 0.05) is 42.3 Å². The van der Waals surface area contributed by atoms with Gasteiger partial charge in [-0.25, -0.2) is 4.98 Å². The van der Waals surface area contributed by atoms with Gasteiger partial charge in [-0.3, -0.25) is 14.2 Å². The summed E-state index contributed by atoms with van der Waals surface area (Å²) in [6.45, 7) is 0.798. The number of hydrogen-bond donors (Lipinski definition) is 1. The summed E-state index contributed by atoms with van der Waals surface area (Å²) in [7, 11) is 1.60. The van der Waals surface area contributed by atoms with E-state index in [1.165, 1.54) is 11.3 Å². The number of ether oxygens (including phenoxy) is 1. The second-order valence-electron chi connectivity index (χ2n) is 5.53. The molecule has 0 aliphatic heterocycles. The number of aliphatic carboxylic acids is 1. The molecule has 3 aromatic rings. The van der Waals surface area contributed by atoms with Crippen molar-refractivity contribution in [1.82, 2.24) is 9.55 Å². The Balaban J connectivity index is 2.08. The first-order valence-electron chi connectivity index (χ1n) is 7.87. The Kier molecular flexibility index (Phi) is 5.62. The summed E-state index contributed by atoms with van der Waals surface area (Å²) in [5, 5.41) is 13.4. The lowest BCUT2D eigenvalue weighted by atomic mass is 10.2. The van der Waals surface area contributed by atoms with Crippen LogP contribution in [0, 0.1) is 0 Å². The number of rotatable bonds is 8. The van der Waals surface area contributed by atoms with Crippen molar-refractivity contribution in [2.45, 2.75) is 25.8 Å². The van der Waals surface area contributed by atoms with Crippen molar-refractivity contribution in [3.05, 3.63) is 39.1 Å². The Bertz CT molecular complexity index is 928. The van der Waals surface area contributed by atoms with Gasteiger partial charge in [-0.2, -0.15) is 0 Å².